The van der Waals surface area contributed by atoms with Crippen LogP contribution in [0.4, 0.5) is 0 Å². The van der Waals surface area contributed by atoms with Gasteiger partial charge in [0.1, 0.15) is 11.4 Å². The number of rotatable bonds is 3. The highest BCUT2D eigenvalue weighted by Crippen LogP contribution is 2.40. The minimum atomic E-state index is -0.183. The van der Waals surface area contributed by atoms with E-state index in [1.54, 1.807) is 0 Å². The zero-order chi connectivity index (χ0) is 15.5. The number of hydrogen-bond acceptors (Lipinski definition) is 1. The van der Waals surface area contributed by atoms with Gasteiger partial charge in [0.25, 0.3) is 0 Å². The summed E-state index contributed by atoms with van der Waals surface area (Å²) in [6.07, 6.45) is 10.7. The van der Waals surface area contributed by atoms with E-state index >= 15 is 0 Å². The third-order valence-corrected chi connectivity index (χ3v) is 3.94. The SMILES string of the molecule is CC(c1ccccc1)C1(C)C=CC=CC(OC(C)(C)C)=C1. The molecule has 2 unspecified atom stereocenters. The van der Waals surface area contributed by atoms with Crippen LogP contribution < -0.4 is 0 Å². The van der Waals surface area contributed by atoms with Gasteiger partial charge in [0.15, 0.2) is 0 Å². The fraction of sp³-hybridized carbons (Fsp3) is 0.400. The van der Waals surface area contributed by atoms with Crippen molar-refractivity contribution in [3.8, 4) is 0 Å². The Labute approximate surface area is 129 Å². The van der Waals surface area contributed by atoms with E-state index in [2.05, 4.69) is 89.3 Å². The Balaban J connectivity index is 2.33. The molecule has 1 aromatic rings. The van der Waals surface area contributed by atoms with Crippen LogP contribution >= 0.6 is 0 Å². The van der Waals surface area contributed by atoms with Crippen LogP contribution in [0, 0.1) is 5.41 Å². The lowest BCUT2D eigenvalue weighted by Crippen LogP contribution is -2.22. The highest BCUT2D eigenvalue weighted by molar-refractivity contribution is 5.34. The third kappa shape index (κ3) is 4.10. The van der Waals surface area contributed by atoms with E-state index in [9.17, 15) is 0 Å². The van der Waals surface area contributed by atoms with Gasteiger partial charge >= 0.3 is 0 Å². The Morgan fingerprint density at radius 2 is 1.71 bits per heavy atom. The summed E-state index contributed by atoms with van der Waals surface area (Å²) in [7, 11) is 0. The Morgan fingerprint density at radius 3 is 2.33 bits per heavy atom. The molecule has 0 spiro atoms. The molecule has 0 aliphatic heterocycles. The average molecular weight is 282 g/mol. The molecule has 1 aliphatic rings. The second kappa shape index (κ2) is 5.93. The predicted molar refractivity (Wildman–Crippen MR) is 90.2 cm³/mol. The second-order valence-electron chi connectivity index (χ2n) is 6.98. The summed E-state index contributed by atoms with van der Waals surface area (Å²) >= 11 is 0. The van der Waals surface area contributed by atoms with Gasteiger partial charge in [-0.3, -0.25) is 0 Å². The summed E-state index contributed by atoms with van der Waals surface area (Å²) in [4.78, 5) is 0. The minimum Gasteiger partial charge on any atom is -0.488 e. The van der Waals surface area contributed by atoms with Gasteiger partial charge in [-0.15, -0.1) is 0 Å². The normalized spacial score (nSPS) is 23.4. The lowest BCUT2D eigenvalue weighted by Gasteiger charge is -2.31. The molecule has 0 saturated carbocycles. The van der Waals surface area contributed by atoms with Gasteiger partial charge in [0.2, 0.25) is 0 Å². The molecule has 112 valence electrons. The topological polar surface area (TPSA) is 9.23 Å². The fourth-order valence-electron chi connectivity index (χ4n) is 2.60. The van der Waals surface area contributed by atoms with Gasteiger partial charge in [-0.05, 0) is 44.4 Å². The van der Waals surface area contributed by atoms with E-state index in [-0.39, 0.29) is 11.0 Å². The zero-order valence-electron chi connectivity index (χ0n) is 13.8. The molecule has 0 bridgehead atoms. The first-order valence-electron chi connectivity index (χ1n) is 7.63. The lowest BCUT2D eigenvalue weighted by molar-refractivity contribution is 0.0579. The Kier molecular flexibility index (Phi) is 4.41. The van der Waals surface area contributed by atoms with Crippen molar-refractivity contribution in [2.24, 2.45) is 5.41 Å². The monoisotopic (exact) mass is 282 g/mol. The van der Waals surface area contributed by atoms with E-state index in [0.717, 1.165) is 5.76 Å². The quantitative estimate of drug-likeness (QED) is 0.699. The van der Waals surface area contributed by atoms with Gasteiger partial charge in [-0.2, -0.15) is 0 Å². The van der Waals surface area contributed by atoms with Crippen LogP contribution in [-0.2, 0) is 4.74 Å². The van der Waals surface area contributed by atoms with Crippen molar-refractivity contribution in [2.45, 2.75) is 46.1 Å². The second-order valence-corrected chi connectivity index (χ2v) is 6.98. The van der Waals surface area contributed by atoms with Crippen LogP contribution in [0.2, 0.25) is 0 Å². The van der Waals surface area contributed by atoms with Gasteiger partial charge in [0.05, 0.1) is 0 Å². The van der Waals surface area contributed by atoms with Gasteiger partial charge in [-0.25, -0.2) is 0 Å². The van der Waals surface area contributed by atoms with Crippen LogP contribution in [0.5, 0.6) is 0 Å². The molecule has 2 rings (SSSR count). The summed E-state index contributed by atoms with van der Waals surface area (Å²) in [6.45, 7) is 10.8. The number of benzene rings is 1. The molecule has 0 N–H and O–H groups in total. The first-order chi connectivity index (χ1) is 9.80. The predicted octanol–water partition coefficient (Wildman–Crippen LogP) is 5.62. The molecule has 1 aromatic carbocycles. The van der Waals surface area contributed by atoms with Crippen molar-refractivity contribution < 1.29 is 4.74 Å². The Bertz CT molecular complexity index is 557. The zero-order valence-corrected chi connectivity index (χ0v) is 13.8. The summed E-state index contributed by atoms with van der Waals surface area (Å²) in [6, 6.07) is 10.7. The highest BCUT2D eigenvalue weighted by atomic mass is 16.5. The van der Waals surface area contributed by atoms with E-state index in [1.165, 1.54) is 5.56 Å². The first-order valence-corrected chi connectivity index (χ1v) is 7.63. The molecule has 0 heterocycles. The summed E-state index contributed by atoms with van der Waals surface area (Å²) in [5, 5.41) is 0. The minimum absolute atomic E-state index is 0.0641. The smallest absolute Gasteiger partial charge is 0.117 e. The number of ether oxygens (including phenoxy) is 1. The molecular weight excluding hydrogens is 256 g/mol. The maximum Gasteiger partial charge on any atom is 0.117 e. The molecule has 21 heavy (non-hydrogen) atoms. The van der Waals surface area contributed by atoms with Crippen molar-refractivity contribution in [3.63, 3.8) is 0 Å². The molecule has 2 atom stereocenters. The van der Waals surface area contributed by atoms with Crippen LogP contribution in [0.25, 0.3) is 0 Å². The fourth-order valence-corrected chi connectivity index (χ4v) is 2.60. The van der Waals surface area contributed by atoms with E-state index in [4.69, 9.17) is 4.74 Å². The van der Waals surface area contributed by atoms with Gasteiger partial charge in [-0.1, -0.05) is 62.4 Å². The highest BCUT2D eigenvalue weighted by Gasteiger charge is 2.29. The molecular formula is C20H26O. The molecule has 0 amide bonds. The van der Waals surface area contributed by atoms with Crippen LogP contribution in [-0.4, -0.2) is 5.60 Å². The first kappa shape index (κ1) is 15.6. The van der Waals surface area contributed by atoms with Gasteiger partial charge < -0.3 is 4.74 Å². The van der Waals surface area contributed by atoms with E-state index < -0.39 is 0 Å². The van der Waals surface area contributed by atoms with Crippen LogP contribution in [0.1, 0.15) is 46.1 Å². The van der Waals surface area contributed by atoms with Crippen LogP contribution in [0.15, 0.2) is 66.5 Å². The average Bonchev–Trinajstić information content (AvgIpc) is 2.59. The largest absolute Gasteiger partial charge is 0.488 e. The molecule has 1 nitrogen and oxygen atoms in total. The lowest BCUT2D eigenvalue weighted by atomic mass is 9.74. The number of allylic oxidation sites excluding steroid dienone is 5. The maximum atomic E-state index is 6.07. The maximum absolute atomic E-state index is 6.07. The van der Waals surface area contributed by atoms with E-state index in [1.807, 2.05) is 6.08 Å². The molecule has 1 aliphatic carbocycles. The standard InChI is InChI=1S/C20H26O/c1-16(17-11-7-6-8-12-17)20(5)14-10-9-13-18(15-20)21-19(2,3)4/h6-16H,1-5H3. The van der Waals surface area contributed by atoms with Crippen molar-refractivity contribution in [2.75, 3.05) is 0 Å². The molecule has 1 heteroatoms. The summed E-state index contributed by atoms with van der Waals surface area (Å²) < 4.78 is 6.07. The molecule has 0 saturated heterocycles. The molecule has 0 fully saturated rings. The summed E-state index contributed by atoms with van der Waals surface area (Å²) in [5.74, 6) is 1.33. The van der Waals surface area contributed by atoms with Crippen molar-refractivity contribution >= 4 is 0 Å². The Hall–Kier alpha value is -1.76. The summed E-state index contributed by atoms with van der Waals surface area (Å²) in [5.41, 5.74) is 1.10. The number of hydrogen-bond donors (Lipinski definition) is 0. The van der Waals surface area contributed by atoms with Crippen LogP contribution in [0.3, 0.4) is 0 Å². The molecule has 0 radical (unpaired) electrons. The van der Waals surface area contributed by atoms with Crippen molar-refractivity contribution in [3.05, 3.63) is 72.0 Å². The Morgan fingerprint density at radius 1 is 1.05 bits per heavy atom. The van der Waals surface area contributed by atoms with Gasteiger partial charge in [0, 0.05) is 5.41 Å². The third-order valence-electron chi connectivity index (χ3n) is 3.94. The van der Waals surface area contributed by atoms with E-state index in [0.29, 0.717) is 5.92 Å². The van der Waals surface area contributed by atoms with Crippen molar-refractivity contribution in [1.82, 2.24) is 0 Å². The molecule has 0 aromatic heterocycles. The van der Waals surface area contributed by atoms with Crippen molar-refractivity contribution in [1.29, 1.82) is 0 Å².